The number of nitrogens with one attached hydrogen (secondary N) is 1. The first kappa shape index (κ1) is 31.2. The minimum absolute atomic E-state index is 0.0616. The van der Waals surface area contributed by atoms with Gasteiger partial charge in [-0.2, -0.15) is 26.3 Å². The second kappa shape index (κ2) is 11.9. The van der Waals surface area contributed by atoms with E-state index in [1.807, 2.05) is 0 Å². The molecule has 220 valence electrons. The fourth-order valence-electron chi connectivity index (χ4n) is 4.07. The number of hydrogen-bond donors (Lipinski definition) is 1. The lowest BCUT2D eigenvalue weighted by molar-refractivity contribution is -0.348. The molecule has 1 N–H and O–H groups in total. The van der Waals surface area contributed by atoms with E-state index < -0.39 is 29.5 Å². The summed E-state index contributed by atoms with van der Waals surface area (Å²) < 4.78 is 93.6. The normalized spacial score (nSPS) is 14.2. The van der Waals surface area contributed by atoms with Crippen molar-refractivity contribution in [2.45, 2.75) is 49.9 Å². The number of rotatable bonds is 9. The quantitative estimate of drug-likeness (QED) is 0.237. The number of benzene rings is 2. The Morgan fingerprint density at radius 3 is 2.05 bits per heavy atom. The van der Waals surface area contributed by atoms with E-state index in [1.165, 1.54) is 17.2 Å². The highest BCUT2D eigenvalue weighted by atomic mass is 35.5. The van der Waals surface area contributed by atoms with Crippen LogP contribution in [0.2, 0.25) is 15.1 Å². The van der Waals surface area contributed by atoms with Gasteiger partial charge in [-0.25, -0.2) is 9.37 Å². The van der Waals surface area contributed by atoms with E-state index in [1.54, 1.807) is 18.2 Å². The maximum absolute atomic E-state index is 14.5. The van der Waals surface area contributed by atoms with Gasteiger partial charge in [0.05, 0.1) is 20.6 Å². The van der Waals surface area contributed by atoms with Gasteiger partial charge in [-0.15, -0.1) is 0 Å². The van der Waals surface area contributed by atoms with Crippen molar-refractivity contribution in [3.63, 3.8) is 0 Å². The molecule has 1 heterocycles. The first-order valence-electron chi connectivity index (χ1n) is 12.2. The van der Waals surface area contributed by atoms with Crippen LogP contribution in [0.3, 0.4) is 0 Å². The predicted molar refractivity (Wildman–Crippen MR) is 142 cm³/mol. The van der Waals surface area contributed by atoms with Gasteiger partial charge >= 0.3 is 18.0 Å². The van der Waals surface area contributed by atoms with Gasteiger partial charge in [0.1, 0.15) is 5.82 Å². The molecule has 3 aromatic rings. The van der Waals surface area contributed by atoms with Gasteiger partial charge in [-0.3, -0.25) is 4.79 Å². The van der Waals surface area contributed by atoms with Gasteiger partial charge in [0.15, 0.2) is 0 Å². The number of alkyl halides is 7. The van der Waals surface area contributed by atoms with Crippen molar-refractivity contribution in [3.8, 4) is 0 Å². The second-order valence-corrected chi connectivity index (χ2v) is 10.8. The number of amides is 1. The molecule has 1 aliphatic carbocycles. The zero-order valence-corrected chi connectivity index (χ0v) is 23.2. The number of aromatic nitrogens is 1. The SMILES string of the molecule is O=C(c1cc(Cl)cnc1NC1CC1)N(CCc1ccc(Cl)c(Cl)c1)Cc1ccc(C(F)(C(F)(F)F)C(F)(F)F)cc1. The summed E-state index contributed by atoms with van der Waals surface area (Å²) in [4.78, 5) is 19.3. The molecule has 0 unspecified atom stereocenters. The molecule has 0 atom stereocenters. The van der Waals surface area contributed by atoms with Gasteiger partial charge in [-0.05, 0) is 48.6 Å². The van der Waals surface area contributed by atoms with Crippen molar-refractivity contribution in [3.05, 3.63) is 92.0 Å². The number of hydrogen-bond acceptors (Lipinski definition) is 3. The van der Waals surface area contributed by atoms with Crippen LogP contribution in [0.4, 0.5) is 36.6 Å². The lowest BCUT2D eigenvalue weighted by atomic mass is 9.93. The third kappa shape index (κ3) is 7.01. The molecule has 41 heavy (non-hydrogen) atoms. The Balaban J connectivity index is 1.65. The molecule has 0 radical (unpaired) electrons. The third-order valence-electron chi connectivity index (χ3n) is 6.45. The second-order valence-electron chi connectivity index (χ2n) is 9.54. The van der Waals surface area contributed by atoms with E-state index >= 15 is 0 Å². The summed E-state index contributed by atoms with van der Waals surface area (Å²) in [6.07, 6.45) is -9.06. The molecule has 0 bridgehead atoms. The van der Waals surface area contributed by atoms with Gasteiger partial charge < -0.3 is 10.2 Å². The summed E-state index contributed by atoms with van der Waals surface area (Å²) in [6.45, 7) is -0.167. The third-order valence-corrected chi connectivity index (χ3v) is 7.40. The van der Waals surface area contributed by atoms with E-state index in [-0.39, 0.29) is 52.5 Å². The number of carbonyl (C=O) groups is 1. The van der Waals surface area contributed by atoms with Crippen LogP contribution in [0, 0.1) is 0 Å². The highest BCUT2D eigenvalue weighted by molar-refractivity contribution is 6.42. The van der Waals surface area contributed by atoms with Crippen LogP contribution in [-0.4, -0.2) is 40.7 Å². The Morgan fingerprint density at radius 2 is 1.49 bits per heavy atom. The molecule has 14 heteroatoms. The Bertz CT molecular complexity index is 1400. The minimum Gasteiger partial charge on any atom is -0.367 e. The number of nitrogens with zero attached hydrogens (tertiary/aromatic N) is 2. The largest absolute Gasteiger partial charge is 0.435 e. The van der Waals surface area contributed by atoms with Gasteiger partial charge in [0, 0.05) is 30.9 Å². The van der Waals surface area contributed by atoms with Crippen LogP contribution in [-0.2, 0) is 18.6 Å². The number of carbonyl (C=O) groups excluding carboxylic acids is 1. The molecule has 1 saturated carbocycles. The molecule has 0 spiro atoms. The van der Waals surface area contributed by atoms with Crippen molar-refractivity contribution < 1.29 is 35.5 Å². The van der Waals surface area contributed by atoms with E-state index in [9.17, 15) is 35.5 Å². The molecular weight excluding hydrogens is 622 g/mol. The lowest BCUT2D eigenvalue weighted by Gasteiger charge is -2.30. The van der Waals surface area contributed by atoms with Gasteiger partial charge in [0.2, 0.25) is 0 Å². The average molecular weight is 643 g/mol. The van der Waals surface area contributed by atoms with E-state index in [2.05, 4.69) is 10.3 Å². The lowest BCUT2D eigenvalue weighted by Crippen LogP contribution is -2.50. The summed E-state index contributed by atoms with van der Waals surface area (Å²) in [5.41, 5.74) is -6.17. The van der Waals surface area contributed by atoms with Crippen LogP contribution in [0.15, 0.2) is 54.7 Å². The Labute approximate surface area is 245 Å². The van der Waals surface area contributed by atoms with E-state index in [0.29, 0.717) is 22.7 Å². The summed E-state index contributed by atoms with van der Waals surface area (Å²) in [6, 6.07) is 9.10. The zero-order chi connectivity index (χ0) is 30.2. The Morgan fingerprint density at radius 1 is 0.878 bits per heavy atom. The maximum Gasteiger partial charge on any atom is 0.435 e. The van der Waals surface area contributed by atoms with Crippen LogP contribution in [0.5, 0.6) is 0 Å². The van der Waals surface area contributed by atoms with Crippen molar-refractivity contribution in [1.29, 1.82) is 0 Å². The van der Waals surface area contributed by atoms with Crippen LogP contribution >= 0.6 is 34.8 Å². The number of halogens is 10. The number of pyridine rings is 1. The molecule has 4 nitrogen and oxygen atoms in total. The Hall–Kier alpha value is -2.76. The summed E-state index contributed by atoms with van der Waals surface area (Å²) in [5.74, 6) is -0.257. The summed E-state index contributed by atoms with van der Waals surface area (Å²) in [5, 5.41) is 3.94. The van der Waals surface area contributed by atoms with Crippen molar-refractivity contribution >= 4 is 46.5 Å². The van der Waals surface area contributed by atoms with Crippen LogP contribution < -0.4 is 5.32 Å². The van der Waals surface area contributed by atoms with Crippen molar-refractivity contribution in [1.82, 2.24) is 9.88 Å². The molecule has 1 fully saturated rings. The molecule has 1 amide bonds. The fourth-order valence-corrected chi connectivity index (χ4v) is 4.55. The molecular formula is C27H21Cl3F7N3O. The van der Waals surface area contributed by atoms with Gasteiger partial charge in [0.25, 0.3) is 5.91 Å². The van der Waals surface area contributed by atoms with Crippen molar-refractivity contribution in [2.24, 2.45) is 0 Å². The molecule has 0 saturated heterocycles. The topological polar surface area (TPSA) is 45.2 Å². The highest BCUT2D eigenvalue weighted by Gasteiger charge is 2.73. The maximum atomic E-state index is 14.5. The summed E-state index contributed by atoms with van der Waals surface area (Å²) in [7, 11) is 0. The highest BCUT2D eigenvalue weighted by Crippen LogP contribution is 2.53. The van der Waals surface area contributed by atoms with Crippen LogP contribution in [0.25, 0.3) is 0 Å². The average Bonchev–Trinajstić information content (AvgIpc) is 3.72. The van der Waals surface area contributed by atoms with E-state index in [4.69, 9.17) is 34.8 Å². The van der Waals surface area contributed by atoms with Gasteiger partial charge in [-0.1, -0.05) is 65.1 Å². The molecule has 4 rings (SSSR count). The molecule has 0 aliphatic heterocycles. The fraction of sp³-hybridized carbons (Fsp3) is 0.333. The summed E-state index contributed by atoms with van der Waals surface area (Å²) >= 11 is 18.2. The van der Waals surface area contributed by atoms with E-state index in [0.717, 1.165) is 25.0 Å². The smallest absolute Gasteiger partial charge is 0.367 e. The molecule has 1 aliphatic rings. The zero-order valence-electron chi connectivity index (χ0n) is 20.9. The predicted octanol–water partition coefficient (Wildman–Crippen LogP) is 8.79. The first-order chi connectivity index (χ1) is 19.1. The first-order valence-corrected chi connectivity index (χ1v) is 13.3. The standard InChI is InChI=1S/C27H21Cl3F7N3O/c28-18-12-20(23(38-13-18)39-19-6-7-19)24(41)40(10-9-15-3-8-21(29)22(30)11-15)14-16-1-4-17(5-2-16)25(31,26(32,33)34)27(35,36)37/h1-5,8,11-13,19H,6-7,9-10,14H2,(H,38,39). The van der Waals surface area contributed by atoms with Crippen LogP contribution in [0.1, 0.15) is 39.9 Å². The molecule has 2 aromatic carbocycles. The Kier molecular flexibility index (Phi) is 9.01. The monoisotopic (exact) mass is 641 g/mol. The van der Waals surface area contributed by atoms with Crippen molar-refractivity contribution in [2.75, 3.05) is 11.9 Å². The molecule has 1 aromatic heterocycles. The number of anilines is 1. The minimum atomic E-state index is -6.24.